The van der Waals surface area contributed by atoms with Gasteiger partial charge in [0.25, 0.3) is 10.2 Å². The van der Waals surface area contributed by atoms with Crippen molar-refractivity contribution in [2.24, 2.45) is 5.41 Å². The van der Waals surface area contributed by atoms with Crippen molar-refractivity contribution in [3.05, 3.63) is 0 Å². The second kappa shape index (κ2) is 6.81. The first-order chi connectivity index (χ1) is 8.37. The topological polar surface area (TPSA) is 79.5 Å². The zero-order chi connectivity index (χ0) is 13.6. The summed E-state index contributed by atoms with van der Waals surface area (Å²) in [7, 11) is -1.89. The quantitative estimate of drug-likeness (QED) is 0.566. The van der Waals surface area contributed by atoms with Gasteiger partial charge in [0, 0.05) is 26.2 Å². The fourth-order valence-electron chi connectivity index (χ4n) is 2.14. The number of hydrogen-bond acceptors (Lipinski definition) is 4. The lowest BCUT2D eigenvalue weighted by molar-refractivity contribution is 0.181. The Morgan fingerprint density at radius 3 is 2.72 bits per heavy atom. The van der Waals surface area contributed by atoms with Crippen molar-refractivity contribution in [3.8, 4) is 0 Å². The number of methoxy groups -OCH3 is 1. The number of rotatable bonds is 7. The van der Waals surface area contributed by atoms with E-state index in [0.717, 1.165) is 19.4 Å². The molecule has 0 amide bonds. The summed E-state index contributed by atoms with van der Waals surface area (Å²) in [5, 5.41) is 3.37. The molecule has 0 aromatic rings. The molecule has 1 rings (SSSR count). The molecule has 1 aliphatic rings. The molecule has 7 heteroatoms. The highest BCUT2D eigenvalue weighted by Gasteiger charge is 2.32. The van der Waals surface area contributed by atoms with E-state index in [0.29, 0.717) is 13.2 Å². The lowest BCUT2D eigenvalue weighted by Crippen LogP contribution is -2.54. The van der Waals surface area contributed by atoms with Crippen molar-refractivity contribution in [1.29, 1.82) is 0 Å². The van der Waals surface area contributed by atoms with Gasteiger partial charge in [-0.15, -0.1) is 0 Å². The van der Waals surface area contributed by atoms with Gasteiger partial charge in [0.15, 0.2) is 0 Å². The zero-order valence-electron chi connectivity index (χ0n) is 11.5. The molecule has 3 N–H and O–H groups in total. The minimum absolute atomic E-state index is 0.118. The smallest absolute Gasteiger partial charge is 0.277 e. The summed E-state index contributed by atoms with van der Waals surface area (Å²) in [5.41, 5.74) is 0.118. The van der Waals surface area contributed by atoms with Crippen LogP contribution in [0.25, 0.3) is 0 Å². The Morgan fingerprint density at radius 1 is 1.39 bits per heavy atom. The van der Waals surface area contributed by atoms with Gasteiger partial charge >= 0.3 is 0 Å². The Morgan fingerprint density at radius 2 is 2.11 bits per heavy atom. The normalized spacial score (nSPS) is 24.1. The summed E-state index contributed by atoms with van der Waals surface area (Å²) < 4.78 is 33.1. The van der Waals surface area contributed by atoms with Crippen LogP contribution < -0.4 is 14.8 Å². The van der Waals surface area contributed by atoms with Crippen molar-refractivity contribution in [2.45, 2.75) is 32.7 Å². The van der Waals surface area contributed by atoms with E-state index >= 15 is 0 Å². The van der Waals surface area contributed by atoms with E-state index in [1.165, 1.54) is 7.11 Å². The molecule has 0 radical (unpaired) electrons. The molecule has 1 unspecified atom stereocenters. The van der Waals surface area contributed by atoms with E-state index in [2.05, 4.69) is 28.6 Å². The predicted octanol–water partition coefficient (Wildman–Crippen LogP) is -0.165. The Bertz CT molecular complexity index is 343. The number of ether oxygens (including phenoxy) is 1. The van der Waals surface area contributed by atoms with Gasteiger partial charge in [-0.3, -0.25) is 0 Å². The van der Waals surface area contributed by atoms with Crippen molar-refractivity contribution in [3.63, 3.8) is 0 Å². The molecular weight excluding hydrogens is 254 g/mol. The summed E-state index contributed by atoms with van der Waals surface area (Å²) in [5.74, 6) is 0. The molecule has 1 saturated heterocycles. The van der Waals surface area contributed by atoms with Crippen molar-refractivity contribution in [2.75, 3.05) is 33.4 Å². The Labute approximate surface area is 110 Å². The maximum Gasteiger partial charge on any atom is 0.277 e. The van der Waals surface area contributed by atoms with Gasteiger partial charge in [0.1, 0.15) is 0 Å². The van der Waals surface area contributed by atoms with E-state index in [1.54, 1.807) is 0 Å². The third-order valence-electron chi connectivity index (χ3n) is 3.41. The summed E-state index contributed by atoms with van der Waals surface area (Å²) in [4.78, 5) is 0. The fraction of sp³-hybridized carbons (Fsp3) is 1.00. The van der Waals surface area contributed by atoms with Crippen LogP contribution in [0.15, 0.2) is 0 Å². The molecule has 0 aromatic heterocycles. The lowest BCUT2D eigenvalue weighted by Gasteiger charge is -2.39. The van der Waals surface area contributed by atoms with Crippen LogP contribution in [0.2, 0.25) is 0 Å². The molecule has 108 valence electrons. The first kappa shape index (κ1) is 15.8. The SMILES string of the molecule is COCCNS(=O)(=O)NCC1NCCCC1(C)C. The molecule has 0 aromatic carbocycles. The fourth-order valence-corrected chi connectivity index (χ4v) is 2.98. The van der Waals surface area contributed by atoms with Gasteiger partial charge in [0.05, 0.1) is 6.61 Å². The molecule has 1 aliphatic heterocycles. The Hall–Kier alpha value is -0.210. The van der Waals surface area contributed by atoms with Crippen LogP contribution >= 0.6 is 0 Å². The van der Waals surface area contributed by atoms with Crippen molar-refractivity contribution < 1.29 is 13.2 Å². The lowest BCUT2D eigenvalue weighted by atomic mass is 9.78. The monoisotopic (exact) mass is 279 g/mol. The molecule has 1 heterocycles. The maximum absolute atomic E-state index is 11.7. The average molecular weight is 279 g/mol. The standard InChI is InChI=1S/C11H25N3O3S/c1-11(2)5-4-6-12-10(11)9-14-18(15,16)13-7-8-17-3/h10,12-14H,4-9H2,1-3H3. The molecule has 0 spiro atoms. The van der Waals surface area contributed by atoms with Crippen LogP contribution in [-0.2, 0) is 14.9 Å². The zero-order valence-corrected chi connectivity index (χ0v) is 12.3. The van der Waals surface area contributed by atoms with Crippen LogP contribution in [0, 0.1) is 5.41 Å². The van der Waals surface area contributed by atoms with Gasteiger partial charge in [-0.1, -0.05) is 13.8 Å². The van der Waals surface area contributed by atoms with Gasteiger partial charge in [-0.2, -0.15) is 13.1 Å². The van der Waals surface area contributed by atoms with Gasteiger partial charge in [-0.05, 0) is 24.8 Å². The van der Waals surface area contributed by atoms with Gasteiger partial charge in [0.2, 0.25) is 0 Å². The predicted molar refractivity (Wildman–Crippen MR) is 71.6 cm³/mol. The summed E-state index contributed by atoms with van der Waals surface area (Å²) in [6, 6.07) is 0.172. The average Bonchev–Trinajstić information content (AvgIpc) is 2.27. The number of nitrogens with one attached hydrogen (secondary N) is 3. The van der Waals surface area contributed by atoms with Crippen LogP contribution in [0.5, 0.6) is 0 Å². The third kappa shape index (κ3) is 5.19. The Balaban J connectivity index is 2.39. The van der Waals surface area contributed by atoms with Crippen LogP contribution in [-0.4, -0.2) is 47.8 Å². The molecule has 18 heavy (non-hydrogen) atoms. The summed E-state index contributed by atoms with van der Waals surface area (Å²) in [6.45, 7) is 6.34. The summed E-state index contributed by atoms with van der Waals surface area (Å²) in [6.07, 6.45) is 2.26. The van der Waals surface area contributed by atoms with E-state index < -0.39 is 10.2 Å². The minimum Gasteiger partial charge on any atom is -0.383 e. The highest BCUT2D eigenvalue weighted by Crippen LogP contribution is 2.29. The molecule has 0 saturated carbocycles. The van der Waals surface area contributed by atoms with E-state index in [9.17, 15) is 8.42 Å². The second-order valence-electron chi connectivity index (χ2n) is 5.34. The molecule has 1 atom stereocenters. The maximum atomic E-state index is 11.7. The first-order valence-electron chi connectivity index (χ1n) is 6.34. The molecule has 1 fully saturated rings. The van der Waals surface area contributed by atoms with Crippen LogP contribution in [0.3, 0.4) is 0 Å². The highest BCUT2D eigenvalue weighted by atomic mass is 32.2. The van der Waals surface area contributed by atoms with Crippen molar-refractivity contribution >= 4 is 10.2 Å². The number of piperidine rings is 1. The molecular formula is C11H25N3O3S. The molecule has 6 nitrogen and oxygen atoms in total. The van der Waals surface area contributed by atoms with E-state index in [1.807, 2.05) is 0 Å². The third-order valence-corrected chi connectivity index (χ3v) is 4.54. The van der Waals surface area contributed by atoms with Crippen LogP contribution in [0.4, 0.5) is 0 Å². The van der Waals surface area contributed by atoms with Crippen molar-refractivity contribution in [1.82, 2.24) is 14.8 Å². The number of hydrogen-bond donors (Lipinski definition) is 3. The van der Waals surface area contributed by atoms with E-state index in [-0.39, 0.29) is 18.0 Å². The highest BCUT2D eigenvalue weighted by molar-refractivity contribution is 7.87. The summed E-state index contributed by atoms with van der Waals surface area (Å²) >= 11 is 0. The van der Waals surface area contributed by atoms with Gasteiger partial charge in [-0.25, -0.2) is 4.72 Å². The van der Waals surface area contributed by atoms with Gasteiger partial charge < -0.3 is 10.1 Å². The van der Waals surface area contributed by atoms with E-state index in [4.69, 9.17) is 4.74 Å². The van der Waals surface area contributed by atoms with Crippen LogP contribution in [0.1, 0.15) is 26.7 Å². The second-order valence-corrected chi connectivity index (χ2v) is 6.92. The molecule has 0 bridgehead atoms. The Kier molecular flexibility index (Phi) is 6.00. The minimum atomic E-state index is -3.42. The molecule has 0 aliphatic carbocycles. The first-order valence-corrected chi connectivity index (χ1v) is 7.82. The largest absolute Gasteiger partial charge is 0.383 e.